The van der Waals surface area contributed by atoms with Gasteiger partial charge >= 0.3 is 0 Å². The highest BCUT2D eigenvalue weighted by atomic mass is 16.4. The number of hydrogen-bond donors (Lipinski definition) is 1. The molecule has 0 atom stereocenters. The lowest BCUT2D eigenvalue weighted by Gasteiger charge is -2.05. The molecule has 1 aromatic carbocycles. The third-order valence-corrected chi connectivity index (χ3v) is 3.42. The lowest BCUT2D eigenvalue weighted by atomic mass is 10.0. The minimum absolute atomic E-state index is 0.0223. The van der Waals surface area contributed by atoms with Crippen molar-refractivity contribution >= 4 is 22.7 Å². The van der Waals surface area contributed by atoms with Crippen LogP contribution < -0.4 is 5.11 Å². The van der Waals surface area contributed by atoms with Crippen LogP contribution >= 0.6 is 0 Å². The normalized spacial score (nSPS) is 10.8. The Balaban J connectivity index is 2.35. The molecule has 106 valence electrons. The molecule has 0 aliphatic heterocycles. The highest BCUT2D eigenvalue weighted by Crippen LogP contribution is 2.24. The zero-order valence-electron chi connectivity index (χ0n) is 11.6. The van der Waals surface area contributed by atoms with Gasteiger partial charge < -0.3 is 14.9 Å². The van der Waals surface area contributed by atoms with E-state index >= 15 is 0 Å². The van der Waals surface area contributed by atoms with Crippen LogP contribution in [0.2, 0.25) is 0 Å². The lowest BCUT2D eigenvalue weighted by molar-refractivity contribution is -0.304. The first-order valence-electron chi connectivity index (χ1n) is 6.96. The van der Waals surface area contributed by atoms with Crippen LogP contribution in [0.5, 0.6) is 0 Å². The Labute approximate surface area is 117 Å². The molecule has 1 heterocycles. The van der Waals surface area contributed by atoms with Crippen molar-refractivity contribution in [3.8, 4) is 0 Å². The molecule has 0 amide bonds. The van der Waals surface area contributed by atoms with Crippen molar-refractivity contribution < 1.29 is 14.7 Å². The van der Waals surface area contributed by atoms with Crippen molar-refractivity contribution in [2.75, 3.05) is 0 Å². The van der Waals surface area contributed by atoms with E-state index in [1.165, 1.54) is 0 Å². The molecule has 2 rings (SSSR count). The molecule has 0 aliphatic rings. The first kappa shape index (κ1) is 14.3. The maximum absolute atomic E-state index is 12.2. The summed E-state index contributed by atoms with van der Waals surface area (Å²) in [5.74, 6) is -1.19. The zero-order chi connectivity index (χ0) is 14.5. The van der Waals surface area contributed by atoms with Gasteiger partial charge in [0.2, 0.25) is 0 Å². The first-order chi connectivity index (χ1) is 9.63. The number of carboxylic acid groups (broad SMARTS) is 1. The molecule has 20 heavy (non-hydrogen) atoms. The van der Waals surface area contributed by atoms with Gasteiger partial charge in [0.05, 0.1) is 5.69 Å². The van der Waals surface area contributed by atoms with Crippen LogP contribution in [0.4, 0.5) is 0 Å². The summed E-state index contributed by atoms with van der Waals surface area (Å²) in [6, 6.07) is 7.36. The fraction of sp³-hybridized carbons (Fsp3) is 0.375. The fourth-order valence-electron chi connectivity index (χ4n) is 2.43. The van der Waals surface area contributed by atoms with Crippen LogP contribution in [0.3, 0.4) is 0 Å². The summed E-state index contributed by atoms with van der Waals surface area (Å²) < 4.78 is 0. The van der Waals surface area contributed by atoms with Crippen molar-refractivity contribution in [3.05, 3.63) is 35.5 Å². The number of aliphatic carboxylic acids is 1. The topological polar surface area (TPSA) is 73.0 Å². The van der Waals surface area contributed by atoms with E-state index in [-0.39, 0.29) is 12.2 Å². The molecule has 0 saturated heterocycles. The Hall–Kier alpha value is -2.10. The Morgan fingerprint density at radius 2 is 1.95 bits per heavy atom. The number of hydrogen-bond acceptors (Lipinski definition) is 3. The van der Waals surface area contributed by atoms with E-state index < -0.39 is 5.97 Å². The predicted octanol–water partition coefficient (Wildman–Crippen LogP) is 2.22. The van der Waals surface area contributed by atoms with Crippen molar-refractivity contribution in [3.63, 3.8) is 0 Å². The maximum atomic E-state index is 12.2. The van der Waals surface area contributed by atoms with E-state index in [4.69, 9.17) is 0 Å². The number of carboxylic acids is 1. The average Bonchev–Trinajstić information content (AvgIpc) is 2.77. The quantitative estimate of drug-likeness (QED) is 0.620. The molecule has 0 aliphatic carbocycles. The second-order valence-electron chi connectivity index (χ2n) is 4.95. The number of rotatable bonds is 7. The monoisotopic (exact) mass is 272 g/mol. The van der Waals surface area contributed by atoms with Gasteiger partial charge in [0.1, 0.15) is 0 Å². The molecular formula is C16H18NO3-. The van der Waals surface area contributed by atoms with Crippen LogP contribution in [0, 0.1) is 0 Å². The summed E-state index contributed by atoms with van der Waals surface area (Å²) in [5.41, 5.74) is 1.76. The minimum Gasteiger partial charge on any atom is -0.550 e. The summed E-state index contributed by atoms with van der Waals surface area (Å²) in [6.45, 7) is 2.08. The van der Waals surface area contributed by atoms with E-state index in [2.05, 4.69) is 11.9 Å². The SMILES string of the molecule is CCCCCC(=O)c1[nH]c2ccccc2c1CC(=O)[O-]. The van der Waals surface area contributed by atoms with Gasteiger partial charge in [-0.2, -0.15) is 0 Å². The van der Waals surface area contributed by atoms with Crippen molar-refractivity contribution in [2.24, 2.45) is 0 Å². The standard InChI is InChI=1S/C16H19NO3/c1-2-3-4-9-14(18)16-12(10-15(19)20)11-7-5-6-8-13(11)17-16/h5-8,17H,2-4,9-10H2,1H3,(H,19,20)/p-1. The van der Waals surface area contributed by atoms with Gasteiger partial charge in [0, 0.05) is 29.7 Å². The lowest BCUT2D eigenvalue weighted by Crippen LogP contribution is -2.25. The first-order valence-corrected chi connectivity index (χ1v) is 6.96. The molecule has 0 saturated carbocycles. The van der Waals surface area contributed by atoms with E-state index in [1.807, 2.05) is 24.3 Å². The van der Waals surface area contributed by atoms with Gasteiger partial charge in [0.15, 0.2) is 5.78 Å². The number of ketones is 1. The summed E-state index contributed by atoms with van der Waals surface area (Å²) in [5, 5.41) is 11.7. The van der Waals surface area contributed by atoms with Crippen LogP contribution in [-0.4, -0.2) is 16.7 Å². The highest BCUT2D eigenvalue weighted by Gasteiger charge is 2.17. The predicted molar refractivity (Wildman–Crippen MR) is 75.5 cm³/mol. The van der Waals surface area contributed by atoms with Crippen LogP contribution in [0.15, 0.2) is 24.3 Å². The molecule has 0 radical (unpaired) electrons. The second-order valence-corrected chi connectivity index (χ2v) is 4.95. The smallest absolute Gasteiger partial charge is 0.179 e. The van der Waals surface area contributed by atoms with E-state index in [0.29, 0.717) is 17.7 Å². The number of unbranched alkanes of at least 4 members (excludes halogenated alkanes) is 2. The Kier molecular flexibility index (Phi) is 4.56. The van der Waals surface area contributed by atoms with Gasteiger partial charge in [-0.15, -0.1) is 0 Å². The maximum Gasteiger partial charge on any atom is 0.179 e. The highest BCUT2D eigenvalue weighted by molar-refractivity contribution is 6.03. The molecule has 0 spiro atoms. The van der Waals surface area contributed by atoms with E-state index in [1.54, 1.807) is 0 Å². The largest absolute Gasteiger partial charge is 0.550 e. The number of benzene rings is 1. The molecular weight excluding hydrogens is 254 g/mol. The number of H-pyrrole nitrogens is 1. The number of para-hydroxylation sites is 1. The van der Waals surface area contributed by atoms with Gasteiger partial charge in [-0.25, -0.2) is 0 Å². The number of aromatic amines is 1. The number of carbonyl (C=O) groups excluding carboxylic acids is 2. The number of aromatic nitrogens is 1. The van der Waals surface area contributed by atoms with E-state index in [0.717, 1.165) is 30.2 Å². The fourth-order valence-corrected chi connectivity index (χ4v) is 2.43. The summed E-state index contributed by atoms with van der Waals surface area (Å²) >= 11 is 0. The van der Waals surface area contributed by atoms with Crippen molar-refractivity contribution in [1.29, 1.82) is 0 Å². The van der Waals surface area contributed by atoms with Gasteiger partial charge in [-0.3, -0.25) is 4.79 Å². The molecule has 0 fully saturated rings. The Bertz CT molecular complexity index is 628. The molecule has 0 bridgehead atoms. The molecule has 4 heteroatoms. The van der Waals surface area contributed by atoms with Crippen molar-refractivity contribution in [2.45, 2.75) is 39.0 Å². The second kappa shape index (κ2) is 6.37. The van der Waals surface area contributed by atoms with E-state index in [9.17, 15) is 14.7 Å². The molecule has 1 aromatic heterocycles. The number of carbonyl (C=O) groups is 2. The Morgan fingerprint density at radius 3 is 2.65 bits per heavy atom. The molecule has 2 aromatic rings. The van der Waals surface area contributed by atoms with Crippen LogP contribution in [0.25, 0.3) is 10.9 Å². The van der Waals surface area contributed by atoms with Crippen LogP contribution in [0.1, 0.15) is 48.7 Å². The Morgan fingerprint density at radius 1 is 1.20 bits per heavy atom. The molecule has 1 N–H and O–H groups in total. The van der Waals surface area contributed by atoms with Gasteiger partial charge in [0.25, 0.3) is 0 Å². The van der Waals surface area contributed by atoms with Crippen LogP contribution in [-0.2, 0) is 11.2 Å². The third-order valence-electron chi connectivity index (χ3n) is 3.42. The summed E-state index contributed by atoms with van der Waals surface area (Å²) in [6.07, 6.45) is 3.09. The van der Waals surface area contributed by atoms with Gasteiger partial charge in [-0.1, -0.05) is 38.0 Å². The summed E-state index contributed by atoms with van der Waals surface area (Å²) in [4.78, 5) is 26.2. The molecule has 4 nitrogen and oxygen atoms in total. The minimum atomic E-state index is -1.17. The third kappa shape index (κ3) is 3.07. The zero-order valence-corrected chi connectivity index (χ0v) is 11.6. The average molecular weight is 272 g/mol. The summed E-state index contributed by atoms with van der Waals surface area (Å²) in [7, 11) is 0. The number of nitrogens with one attached hydrogen (secondary N) is 1. The van der Waals surface area contributed by atoms with Crippen molar-refractivity contribution in [1.82, 2.24) is 4.98 Å². The van der Waals surface area contributed by atoms with Gasteiger partial charge in [-0.05, 0) is 18.1 Å². The molecule has 0 unspecified atom stereocenters. The number of fused-ring (bicyclic) bond motifs is 1. The number of Topliss-reactive ketones (excluding diaryl/α,β-unsaturated/α-hetero) is 1.